The van der Waals surface area contributed by atoms with Gasteiger partial charge >= 0.3 is 5.97 Å². The molecular formula is C30H34N2O4. The Morgan fingerprint density at radius 3 is 2.50 bits per heavy atom. The Morgan fingerprint density at radius 2 is 1.78 bits per heavy atom. The van der Waals surface area contributed by atoms with Gasteiger partial charge in [-0.2, -0.15) is 0 Å². The quantitative estimate of drug-likeness (QED) is 0.231. The molecule has 0 bridgehead atoms. The Balaban J connectivity index is 1.47. The van der Waals surface area contributed by atoms with Crippen LogP contribution in [0.5, 0.6) is 5.75 Å². The second kappa shape index (κ2) is 11.9. The molecule has 0 spiro atoms. The first-order valence-corrected chi connectivity index (χ1v) is 12.4. The van der Waals surface area contributed by atoms with Crippen molar-refractivity contribution in [1.82, 2.24) is 9.88 Å². The van der Waals surface area contributed by atoms with Crippen molar-refractivity contribution in [2.75, 3.05) is 26.3 Å². The average Bonchev–Trinajstić information content (AvgIpc) is 3.17. The molecule has 4 aromatic rings. The van der Waals surface area contributed by atoms with Crippen molar-refractivity contribution >= 4 is 16.9 Å². The molecule has 0 aliphatic rings. The zero-order valence-electron chi connectivity index (χ0n) is 21.2. The lowest BCUT2D eigenvalue weighted by Crippen LogP contribution is -2.32. The van der Waals surface area contributed by atoms with E-state index in [2.05, 4.69) is 34.1 Å². The molecule has 0 amide bonds. The molecule has 3 aromatic carbocycles. The number of aliphatic hydroxyl groups is 1. The molecule has 188 valence electrons. The highest BCUT2D eigenvalue weighted by atomic mass is 16.5. The van der Waals surface area contributed by atoms with Crippen molar-refractivity contribution in [2.24, 2.45) is 0 Å². The summed E-state index contributed by atoms with van der Waals surface area (Å²) in [6.07, 6.45) is 0.249. The van der Waals surface area contributed by atoms with Crippen LogP contribution in [0.3, 0.4) is 0 Å². The molecule has 1 atom stereocenters. The minimum absolute atomic E-state index is 0.149. The Labute approximate surface area is 212 Å². The van der Waals surface area contributed by atoms with Crippen molar-refractivity contribution in [3.63, 3.8) is 0 Å². The molecular weight excluding hydrogens is 452 g/mol. The number of hydrogen-bond donors (Lipinski definition) is 2. The number of benzene rings is 3. The number of nitrogens with zero attached hydrogens (tertiary/aromatic N) is 1. The highest BCUT2D eigenvalue weighted by Gasteiger charge is 2.22. The first-order valence-electron chi connectivity index (χ1n) is 12.4. The SMILES string of the molecule is CCOC(=O)c1c(C)n(-c2ccc(C)cc2)c2ccc(OC[C@@H](O)CNCCc3ccccc3)cc12. The van der Waals surface area contributed by atoms with Crippen molar-refractivity contribution < 1.29 is 19.4 Å². The van der Waals surface area contributed by atoms with Crippen LogP contribution in [0.25, 0.3) is 16.6 Å². The van der Waals surface area contributed by atoms with E-state index in [-0.39, 0.29) is 12.6 Å². The first-order chi connectivity index (χ1) is 17.5. The fraction of sp³-hybridized carbons (Fsp3) is 0.300. The van der Waals surface area contributed by atoms with Gasteiger partial charge in [0.25, 0.3) is 0 Å². The largest absolute Gasteiger partial charge is 0.491 e. The number of nitrogens with one attached hydrogen (secondary N) is 1. The molecule has 0 aliphatic carbocycles. The van der Waals surface area contributed by atoms with Crippen LogP contribution in [0.15, 0.2) is 72.8 Å². The summed E-state index contributed by atoms with van der Waals surface area (Å²) in [6.45, 7) is 7.44. The molecule has 4 rings (SSSR count). The molecule has 1 aromatic heterocycles. The maximum absolute atomic E-state index is 12.9. The second-order valence-electron chi connectivity index (χ2n) is 8.94. The van der Waals surface area contributed by atoms with E-state index >= 15 is 0 Å². The highest BCUT2D eigenvalue weighted by Crippen LogP contribution is 2.32. The lowest BCUT2D eigenvalue weighted by atomic mass is 10.1. The molecule has 0 unspecified atom stereocenters. The van der Waals surface area contributed by atoms with Gasteiger partial charge in [-0.1, -0.05) is 48.0 Å². The molecule has 36 heavy (non-hydrogen) atoms. The van der Waals surface area contributed by atoms with Crippen molar-refractivity contribution in [1.29, 1.82) is 0 Å². The van der Waals surface area contributed by atoms with Gasteiger partial charge in [0.15, 0.2) is 0 Å². The third-order valence-electron chi connectivity index (χ3n) is 6.20. The average molecular weight is 487 g/mol. The van der Waals surface area contributed by atoms with Gasteiger partial charge in [0.05, 0.1) is 17.7 Å². The third-order valence-corrected chi connectivity index (χ3v) is 6.20. The van der Waals surface area contributed by atoms with Gasteiger partial charge in [-0.05, 0) is 69.6 Å². The van der Waals surface area contributed by atoms with Crippen LogP contribution in [0.4, 0.5) is 0 Å². The van der Waals surface area contributed by atoms with Gasteiger partial charge in [0, 0.05) is 23.3 Å². The minimum Gasteiger partial charge on any atom is -0.491 e. The Bertz CT molecular complexity index is 1300. The van der Waals surface area contributed by atoms with E-state index in [1.165, 1.54) is 11.1 Å². The molecule has 2 N–H and O–H groups in total. The van der Waals surface area contributed by atoms with Crippen LogP contribution in [0.2, 0.25) is 0 Å². The molecule has 0 fully saturated rings. The van der Waals surface area contributed by atoms with Gasteiger partial charge in [0.2, 0.25) is 0 Å². The number of rotatable bonds is 11. The van der Waals surface area contributed by atoms with Gasteiger partial charge in [-0.15, -0.1) is 0 Å². The van der Waals surface area contributed by atoms with Crippen LogP contribution in [0.1, 0.15) is 34.1 Å². The highest BCUT2D eigenvalue weighted by molar-refractivity contribution is 6.07. The Morgan fingerprint density at radius 1 is 1.03 bits per heavy atom. The lowest BCUT2D eigenvalue weighted by molar-refractivity contribution is 0.0527. The van der Waals surface area contributed by atoms with E-state index in [1.807, 2.05) is 62.4 Å². The van der Waals surface area contributed by atoms with Gasteiger partial charge in [0.1, 0.15) is 18.5 Å². The monoisotopic (exact) mass is 486 g/mol. The molecule has 0 radical (unpaired) electrons. The molecule has 6 heteroatoms. The fourth-order valence-corrected chi connectivity index (χ4v) is 4.37. The molecule has 0 saturated carbocycles. The van der Waals surface area contributed by atoms with E-state index in [0.717, 1.165) is 35.2 Å². The smallest absolute Gasteiger partial charge is 0.340 e. The molecule has 0 saturated heterocycles. The summed E-state index contributed by atoms with van der Waals surface area (Å²) in [6, 6.07) is 24.1. The summed E-state index contributed by atoms with van der Waals surface area (Å²) < 4.78 is 13.3. The van der Waals surface area contributed by atoms with Gasteiger partial charge < -0.3 is 24.5 Å². The zero-order chi connectivity index (χ0) is 25.5. The van der Waals surface area contributed by atoms with Crippen LogP contribution in [0, 0.1) is 13.8 Å². The summed E-state index contributed by atoms with van der Waals surface area (Å²) >= 11 is 0. The first kappa shape index (κ1) is 25.5. The summed E-state index contributed by atoms with van der Waals surface area (Å²) in [5, 5.41) is 14.4. The van der Waals surface area contributed by atoms with Crippen molar-refractivity contribution in [3.05, 3.63) is 95.2 Å². The van der Waals surface area contributed by atoms with E-state index in [9.17, 15) is 9.90 Å². The maximum Gasteiger partial charge on any atom is 0.340 e. The standard InChI is InChI=1S/C30H34N2O4/c1-4-35-30(34)29-22(3)32(24-12-10-21(2)11-13-24)28-15-14-26(18-27(28)29)36-20-25(33)19-31-17-16-23-8-6-5-7-9-23/h5-15,18,25,31,33H,4,16-17,19-20H2,1-3H3/t25-/m0/s1. The molecule has 0 aliphatic heterocycles. The van der Waals surface area contributed by atoms with Crippen LogP contribution < -0.4 is 10.1 Å². The van der Waals surface area contributed by atoms with E-state index in [1.54, 1.807) is 6.92 Å². The van der Waals surface area contributed by atoms with Crippen molar-refractivity contribution in [2.45, 2.75) is 33.3 Å². The summed E-state index contributed by atoms with van der Waals surface area (Å²) in [4.78, 5) is 12.9. The van der Waals surface area contributed by atoms with E-state index < -0.39 is 6.10 Å². The predicted molar refractivity (Wildman–Crippen MR) is 143 cm³/mol. The third kappa shape index (κ3) is 5.96. The Hall–Kier alpha value is -3.61. The molecule has 6 nitrogen and oxygen atoms in total. The number of aryl methyl sites for hydroxylation is 1. The lowest BCUT2D eigenvalue weighted by Gasteiger charge is -2.14. The number of aliphatic hydroxyl groups excluding tert-OH is 1. The van der Waals surface area contributed by atoms with E-state index in [0.29, 0.717) is 24.5 Å². The molecule has 1 heterocycles. The van der Waals surface area contributed by atoms with Crippen molar-refractivity contribution in [3.8, 4) is 11.4 Å². The van der Waals surface area contributed by atoms with Gasteiger partial charge in [-0.25, -0.2) is 4.79 Å². The van der Waals surface area contributed by atoms with Crippen LogP contribution in [-0.4, -0.2) is 48.1 Å². The number of carbonyl (C=O) groups is 1. The predicted octanol–water partition coefficient (Wildman–Crippen LogP) is 5.00. The summed E-state index contributed by atoms with van der Waals surface area (Å²) in [5.74, 6) is 0.239. The number of carbonyl (C=O) groups excluding carboxylic acids is 1. The van der Waals surface area contributed by atoms with Crippen LogP contribution >= 0.6 is 0 Å². The van der Waals surface area contributed by atoms with Crippen LogP contribution in [-0.2, 0) is 11.2 Å². The van der Waals surface area contributed by atoms with E-state index in [4.69, 9.17) is 9.47 Å². The minimum atomic E-state index is -0.653. The maximum atomic E-state index is 12.9. The number of aromatic nitrogens is 1. The Kier molecular flexibility index (Phi) is 8.41. The zero-order valence-corrected chi connectivity index (χ0v) is 21.2. The topological polar surface area (TPSA) is 72.7 Å². The fourth-order valence-electron chi connectivity index (χ4n) is 4.37. The van der Waals surface area contributed by atoms with Gasteiger partial charge in [-0.3, -0.25) is 0 Å². The summed E-state index contributed by atoms with van der Waals surface area (Å²) in [7, 11) is 0. The number of ether oxygens (including phenoxy) is 2. The number of hydrogen-bond acceptors (Lipinski definition) is 5. The normalized spacial score (nSPS) is 12.0. The summed E-state index contributed by atoms with van der Waals surface area (Å²) in [5.41, 5.74) is 5.64. The number of esters is 1. The number of fused-ring (bicyclic) bond motifs is 1. The second-order valence-corrected chi connectivity index (χ2v) is 8.94.